The van der Waals surface area contributed by atoms with Crippen LogP contribution >= 0.6 is 28.1 Å². The van der Waals surface area contributed by atoms with Crippen LogP contribution in [0.25, 0.3) is 0 Å². The van der Waals surface area contributed by atoms with Gasteiger partial charge < -0.3 is 10.6 Å². The molecule has 3 aromatic rings. The maximum Gasteiger partial charge on any atom is 0.170 e. The van der Waals surface area contributed by atoms with Gasteiger partial charge >= 0.3 is 0 Å². The van der Waals surface area contributed by atoms with Crippen molar-refractivity contribution in [2.45, 2.75) is 19.5 Å². The first-order chi connectivity index (χ1) is 12.6. The number of nitrogens with zero attached hydrogens (tertiary/aromatic N) is 4. The highest BCUT2D eigenvalue weighted by Crippen LogP contribution is 2.09. The van der Waals surface area contributed by atoms with Gasteiger partial charge in [0.1, 0.15) is 5.82 Å². The minimum Gasteiger partial charge on any atom is -0.362 e. The molecule has 0 aliphatic carbocycles. The third kappa shape index (κ3) is 5.63. The van der Waals surface area contributed by atoms with Gasteiger partial charge in [-0.1, -0.05) is 12.1 Å². The molecule has 2 heterocycles. The number of hydrogen-bond donors (Lipinski definition) is 2. The van der Waals surface area contributed by atoms with Crippen LogP contribution in [0.1, 0.15) is 12.0 Å². The van der Waals surface area contributed by atoms with E-state index in [1.807, 2.05) is 17.1 Å². The Labute approximate surface area is 164 Å². The lowest BCUT2D eigenvalue weighted by molar-refractivity contribution is 0.573. The van der Waals surface area contributed by atoms with Gasteiger partial charge in [0.25, 0.3) is 0 Å². The van der Waals surface area contributed by atoms with Crippen LogP contribution in [-0.2, 0) is 13.1 Å². The van der Waals surface area contributed by atoms with E-state index < -0.39 is 0 Å². The second-order valence-electron chi connectivity index (χ2n) is 5.71. The normalized spacial score (nSPS) is 10.7. The van der Waals surface area contributed by atoms with Crippen LogP contribution in [-0.4, -0.2) is 31.2 Å². The van der Waals surface area contributed by atoms with Gasteiger partial charge in [-0.15, -0.1) is 0 Å². The van der Waals surface area contributed by atoms with E-state index in [9.17, 15) is 4.39 Å². The summed E-state index contributed by atoms with van der Waals surface area (Å²) < 4.78 is 17.6. The van der Waals surface area contributed by atoms with E-state index in [0.29, 0.717) is 11.7 Å². The third-order valence-electron chi connectivity index (χ3n) is 3.60. The van der Waals surface area contributed by atoms with Gasteiger partial charge in [0.05, 0.1) is 29.1 Å². The smallest absolute Gasteiger partial charge is 0.170 e. The van der Waals surface area contributed by atoms with Crippen molar-refractivity contribution in [1.29, 1.82) is 0 Å². The summed E-state index contributed by atoms with van der Waals surface area (Å²) >= 11 is 8.67. The topological polar surface area (TPSA) is 59.7 Å². The number of thiocarbonyl (C=S) groups is 1. The van der Waals surface area contributed by atoms with Gasteiger partial charge in [-0.05, 0) is 52.3 Å². The van der Waals surface area contributed by atoms with E-state index in [4.69, 9.17) is 12.2 Å². The molecule has 3 rings (SSSR count). The number of nitrogens with one attached hydrogen (secondary N) is 2. The number of anilines is 1. The molecule has 0 saturated carbocycles. The van der Waals surface area contributed by atoms with Crippen molar-refractivity contribution in [3.8, 4) is 0 Å². The molecule has 0 unspecified atom stereocenters. The lowest BCUT2D eigenvalue weighted by atomic mass is 10.2. The van der Waals surface area contributed by atoms with E-state index in [1.165, 1.54) is 12.1 Å². The van der Waals surface area contributed by atoms with Crippen molar-refractivity contribution >= 4 is 38.9 Å². The Morgan fingerprint density at radius 1 is 1.12 bits per heavy atom. The fourth-order valence-electron chi connectivity index (χ4n) is 2.37. The van der Waals surface area contributed by atoms with E-state index in [0.717, 1.165) is 35.2 Å². The zero-order chi connectivity index (χ0) is 18.4. The number of benzene rings is 1. The predicted molar refractivity (Wildman–Crippen MR) is 106 cm³/mol. The molecule has 136 valence electrons. The zero-order valence-corrected chi connectivity index (χ0v) is 16.3. The minimum atomic E-state index is -0.242. The van der Waals surface area contributed by atoms with Crippen LogP contribution in [0.2, 0.25) is 0 Å². The molecule has 9 heteroatoms. The van der Waals surface area contributed by atoms with Gasteiger partial charge in [0, 0.05) is 25.5 Å². The average molecular weight is 437 g/mol. The Morgan fingerprint density at radius 3 is 2.62 bits per heavy atom. The first-order valence-corrected chi connectivity index (χ1v) is 9.28. The van der Waals surface area contributed by atoms with Crippen molar-refractivity contribution in [3.63, 3.8) is 0 Å². The first-order valence-electron chi connectivity index (χ1n) is 8.08. The quantitative estimate of drug-likeness (QED) is 0.438. The molecule has 0 aliphatic rings. The number of aromatic nitrogens is 4. The van der Waals surface area contributed by atoms with Crippen molar-refractivity contribution in [3.05, 3.63) is 64.9 Å². The van der Waals surface area contributed by atoms with E-state index in [1.54, 1.807) is 29.2 Å². The van der Waals surface area contributed by atoms with Crippen molar-refractivity contribution in [1.82, 2.24) is 24.9 Å². The Hall–Kier alpha value is -2.26. The molecule has 2 aromatic heterocycles. The van der Waals surface area contributed by atoms with E-state index in [-0.39, 0.29) is 5.82 Å². The van der Waals surface area contributed by atoms with E-state index in [2.05, 4.69) is 36.8 Å². The van der Waals surface area contributed by atoms with Crippen LogP contribution in [0.5, 0.6) is 0 Å². The molecular formula is C17H18BrFN6S. The molecule has 1 aromatic carbocycles. The Balaban J connectivity index is 1.40. The molecule has 0 radical (unpaired) electrons. The summed E-state index contributed by atoms with van der Waals surface area (Å²) in [5.41, 5.74) is 1.78. The van der Waals surface area contributed by atoms with Crippen molar-refractivity contribution in [2.24, 2.45) is 0 Å². The summed E-state index contributed by atoms with van der Waals surface area (Å²) in [6.45, 7) is 2.13. The molecule has 0 fully saturated rings. The molecule has 0 bridgehead atoms. The van der Waals surface area contributed by atoms with Crippen LogP contribution in [0, 0.1) is 5.82 Å². The molecule has 0 aliphatic heterocycles. The van der Waals surface area contributed by atoms with E-state index >= 15 is 0 Å². The Bertz CT molecular complexity index is 860. The largest absolute Gasteiger partial charge is 0.362 e. The summed E-state index contributed by atoms with van der Waals surface area (Å²) in [5.74, 6) is -0.242. The summed E-state index contributed by atoms with van der Waals surface area (Å²) in [6, 6.07) is 6.38. The van der Waals surface area contributed by atoms with Crippen LogP contribution in [0.15, 0.2) is 53.5 Å². The summed E-state index contributed by atoms with van der Waals surface area (Å²) in [7, 11) is 0. The molecular weight excluding hydrogens is 419 g/mol. The monoisotopic (exact) mass is 436 g/mol. The lowest BCUT2D eigenvalue weighted by Crippen LogP contribution is -2.29. The summed E-state index contributed by atoms with van der Waals surface area (Å²) in [5, 5.41) is 15.3. The van der Waals surface area contributed by atoms with Gasteiger partial charge in [0.15, 0.2) is 5.11 Å². The van der Waals surface area contributed by atoms with Gasteiger partial charge in [0.2, 0.25) is 0 Å². The van der Waals surface area contributed by atoms with Crippen molar-refractivity contribution < 1.29 is 4.39 Å². The van der Waals surface area contributed by atoms with Crippen LogP contribution < -0.4 is 10.6 Å². The fraction of sp³-hybridized carbons (Fsp3) is 0.235. The number of hydrogen-bond acceptors (Lipinski definition) is 3. The second-order valence-corrected chi connectivity index (χ2v) is 7.03. The average Bonchev–Trinajstić information content (AvgIpc) is 3.23. The lowest BCUT2D eigenvalue weighted by Gasteiger charge is -2.08. The molecule has 0 atom stereocenters. The fourth-order valence-corrected chi connectivity index (χ4v) is 2.92. The molecule has 0 spiro atoms. The highest BCUT2D eigenvalue weighted by molar-refractivity contribution is 9.10. The minimum absolute atomic E-state index is 0.242. The van der Waals surface area contributed by atoms with Crippen LogP contribution in [0.3, 0.4) is 0 Å². The zero-order valence-electron chi connectivity index (χ0n) is 13.9. The Kier molecular flexibility index (Phi) is 6.35. The maximum absolute atomic E-state index is 12.9. The highest BCUT2D eigenvalue weighted by atomic mass is 79.9. The van der Waals surface area contributed by atoms with Crippen molar-refractivity contribution in [2.75, 3.05) is 11.9 Å². The molecule has 0 amide bonds. The van der Waals surface area contributed by atoms with Crippen LogP contribution in [0.4, 0.5) is 10.1 Å². The van der Waals surface area contributed by atoms with Gasteiger partial charge in [-0.25, -0.2) is 4.39 Å². The van der Waals surface area contributed by atoms with Gasteiger partial charge in [-0.3, -0.25) is 9.36 Å². The number of rotatable bonds is 7. The summed E-state index contributed by atoms with van der Waals surface area (Å²) in [4.78, 5) is 0. The highest BCUT2D eigenvalue weighted by Gasteiger charge is 2.03. The standard InChI is InChI=1S/C17H18BrFN6S/c18-14-8-21-24(11-14)7-1-6-20-17(26)23-16-9-22-25(12-16)10-13-2-4-15(19)5-3-13/h2-5,8-9,11-12H,1,6-7,10H2,(H2,20,23,26). The second kappa shape index (κ2) is 8.91. The molecule has 26 heavy (non-hydrogen) atoms. The first kappa shape index (κ1) is 18.5. The maximum atomic E-state index is 12.9. The molecule has 0 saturated heterocycles. The molecule has 2 N–H and O–H groups in total. The summed E-state index contributed by atoms with van der Waals surface area (Å²) in [6.07, 6.45) is 8.17. The number of halogens is 2. The third-order valence-corrected chi connectivity index (χ3v) is 4.26. The SMILES string of the molecule is Fc1ccc(Cn2cc(NC(=S)NCCCn3cc(Br)cn3)cn2)cc1. The number of aryl methyl sites for hydroxylation is 1. The Morgan fingerprint density at radius 2 is 1.88 bits per heavy atom. The molecule has 6 nitrogen and oxygen atoms in total. The predicted octanol–water partition coefficient (Wildman–Crippen LogP) is 3.41. The van der Waals surface area contributed by atoms with Gasteiger partial charge in [-0.2, -0.15) is 10.2 Å².